The molecule has 0 saturated carbocycles. The van der Waals surface area contributed by atoms with Crippen LogP contribution in [0.3, 0.4) is 0 Å². The molecule has 0 saturated heterocycles. The molecule has 4 aromatic rings. The van der Waals surface area contributed by atoms with Crippen LogP contribution >= 0.6 is 11.6 Å². The predicted molar refractivity (Wildman–Crippen MR) is 103 cm³/mol. The molecular weight excluding hydrogens is 332 g/mol. The standard InChI is InChI=1S/C20H17ClN4/c1-2-22-19-18-17(14-6-4-3-5-7-14)12-25(20(18)24-13-23-19)16-10-8-15(21)9-11-16/h3-13H,2H2,1H3,(H,22,23,24). The summed E-state index contributed by atoms with van der Waals surface area (Å²) in [6, 6.07) is 18.1. The second-order valence-electron chi connectivity index (χ2n) is 5.71. The Kier molecular flexibility index (Phi) is 4.12. The molecule has 0 spiro atoms. The second kappa shape index (κ2) is 6.57. The largest absolute Gasteiger partial charge is 0.370 e. The van der Waals surface area contributed by atoms with E-state index in [1.54, 1.807) is 6.33 Å². The van der Waals surface area contributed by atoms with Crippen molar-refractivity contribution in [1.82, 2.24) is 14.5 Å². The van der Waals surface area contributed by atoms with Gasteiger partial charge in [-0.05, 0) is 36.8 Å². The van der Waals surface area contributed by atoms with Crippen molar-refractivity contribution in [3.8, 4) is 16.8 Å². The van der Waals surface area contributed by atoms with E-state index >= 15 is 0 Å². The van der Waals surface area contributed by atoms with Gasteiger partial charge >= 0.3 is 0 Å². The average molecular weight is 349 g/mol. The van der Waals surface area contributed by atoms with Crippen molar-refractivity contribution >= 4 is 28.5 Å². The minimum atomic E-state index is 0.714. The quantitative estimate of drug-likeness (QED) is 0.553. The van der Waals surface area contributed by atoms with Crippen LogP contribution in [0.25, 0.3) is 27.8 Å². The Bertz CT molecular complexity index is 1010. The third kappa shape index (κ3) is 2.85. The zero-order valence-electron chi connectivity index (χ0n) is 13.8. The fraction of sp³-hybridized carbons (Fsp3) is 0.100. The number of nitrogens with zero attached hydrogens (tertiary/aromatic N) is 3. The molecule has 0 atom stereocenters. The van der Waals surface area contributed by atoms with Crippen LogP contribution in [0.1, 0.15) is 6.92 Å². The van der Waals surface area contributed by atoms with Gasteiger partial charge in [-0.2, -0.15) is 0 Å². The van der Waals surface area contributed by atoms with Crippen LogP contribution in [-0.4, -0.2) is 21.1 Å². The molecule has 0 bridgehead atoms. The number of rotatable bonds is 4. The number of hydrogen-bond donors (Lipinski definition) is 1. The molecular formula is C20H17ClN4. The van der Waals surface area contributed by atoms with Gasteiger partial charge in [-0.15, -0.1) is 0 Å². The van der Waals surface area contributed by atoms with Crippen LogP contribution in [0.4, 0.5) is 5.82 Å². The van der Waals surface area contributed by atoms with Crippen molar-refractivity contribution in [1.29, 1.82) is 0 Å². The molecule has 4 rings (SSSR count). The first-order valence-corrected chi connectivity index (χ1v) is 8.57. The molecule has 2 aromatic carbocycles. The average Bonchev–Trinajstić information content (AvgIpc) is 3.04. The van der Waals surface area contributed by atoms with Gasteiger partial charge in [-0.3, -0.25) is 0 Å². The van der Waals surface area contributed by atoms with Crippen molar-refractivity contribution in [2.75, 3.05) is 11.9 Å². The minimum absolute atomic E-state index is 0.714. The van der Waals surface area contributed by atoms with Gasteiger partial charge in [0, 0.05) is 29.0 Å². The first kappa shape index (κ1) is 15.7. The highest BCUT2D eigenvalue weighted by molar-refractivity contribution is 6.30. The maximum atomic E-state index is 6.04. The van der Waals surface area contributed by atoms with Gasteiger partial charge < -0.3 is 9.88 Å². The molecule has 5 heteroatoms. The molecule has 0 radical (unpaired) electrons. The lowest BCUT2D eigenvalue weighted by molar-refractivity contribution is 1.07. The first-order chi connectivity index (χ1) is 12.3. The number of nitrogens with one attached hydrogen (secondary N) is 1. The van der Waals surface area contributed by atoms with Crippen molar-refractivity contribution in [2.45, 2.75) is 6.92 Å². The van der Waals surface area contributed by atoms with Crippen LogP contribution in [0.5, 0.6) is 0 Å². The van der Waals surface area contributed by atoms with Crippen molar-refractivity contribution in [2.24, 2.45) is 0 Å². The fourth-order valence-electron chi connectivity index (χ4n) is 3.00. The topological polar surface area (TPSA) is 42.7 Å². The molecule has 0 aliphatic carbocycles. The van der Waals surface area contributed by atoms with Crippen molar-refractivity contribution in [3.63, 3.8) is 0 Å². The summed E-state index contributed by atoms with van der Waals surface area (Å²) < 4.78 is 2.08. The fourth-order valence-corrected chi connectivity index (χ4v) is 3.12. The first-order valence-electron chi connectivity index (χ1n) is 8.19. The predicted octanol–water partition coefficient (Wildman–Crippen LogP) is 5.17. The number of halogens is 1. The highest BCUT2D eigenvalue weighted by atomic mass is 35.5. The van der Waals surface area contributed by atoms with E-state index in [4.69, 9.17) is 11.6 Å². The molecule has 4 nitrogen and oxygen atoms in total. The molecule has 2 aromatic heterocycles. The molecule has 0 amide bonds. The highest BCUT2D eigenvalue weighted by Crippen LogP contribution is 2.35. The molecule has 0 aliphatic rings. The minimum Gasteiger partial charge on any atom is -0.370 e. The van der Waals surface area contributed by atoms with Gasteiger partial charge in [0.05, 0.1) is 5.39 Å². The molecule has 1 N–H and O–H groups in total. The number of aromatic nitrogens is 3. The zero-order valence-corrected chi connectivity index (χ0v) is 14.5. The Hall–Kier alpha value is -2.85. The lowest BCUT2D eigenvalue weighted by Gasteiger charge is -2.07. The van der Waals surface area contributed by atoms with Gasteiger partial charge in [-0.25, -0.2) is 9.97 Å². The van der Waals surface area contributed by atoms with Gasteiger partial charge in [0.25, 0.3) is 0 Å². The summed E-state index contributed by atoms with van der Waals surface area (Å²) in [5.41, 5.74) is 4.11. The summed E-state index contributed by atoms with van der Waals surface area (Å²) in [5, 5.41) is 5.08. The molecule has 0 unspecified atom stereocenters. The van der Waals surface area contributed by atoms with E-state index in [1.807, 2.05) is 42.5 Å². The normalized spacial score (nSPS) is 11.0. The van der Waals surface area contributed by atoms with E-state index < -0.39 is 0 Å². The van der Waals surface area contributed by atoms with E-state index in [0.717, 1.165) is 40.2 Å². The molecule has 0 aliphatic heterocycles. The van der Waals surface area contributed by atoms with Crippen molar-refractivity contribution in [3.05, 3.63) is 72.1 Å². The Balaban J connectivity index is 2.02. The van der Waals surface area contributed by atoms with E-state index in [1.165, 1.54) is 0 Å². The Morgan fingerprint density at radius 2 is 1.76 bits per heavy atom. The maximum absolute atomic E-state index is 6.04. The Morgan fingerprint density at radius 1 is 1.00 bits per heavy atom. The summed E-state index contributed by atoms with van der Waals surface area (Å²) in [4.78, 5) is 9.00. The van der Waals surface area contributed by atoms with E-state index in [0.29, 0.717) is 5.02 Å². The van der Waals surface area contributed by atoms with Gasteiger partial charge in [0.1, 0.15) is 12.1 Å². The summed E-state index contributed by atoms with van der Waals surface area (Å²) in [7, 11) is 0. The molecule has 2 heterocycles. The van der Waals surface area contributed by atoms with E-state index in [-0.39, 0.29) is 0 Å². The summed E-state index contributed by atoms with van der Waals surface area (Å²) in [5.74, 6) is 0.846. The monoisotopic (exact) mass is 348 g/mol. The third-order valence-electron chi connectivity index (χ3n) is 4.12. The van der Waals surface area contributed by atoms with Gasteiger partial charge in [-0.1, -0.05) is 41.9 Å². The number of hydrogen-bond acceptors (Lipinski definition) is 3. The van der Waals surface area contributed by atoms with Crippen LogP contribution in [-0.2, 0) is 0 Å². The van der Waals surface area contributed by atoms with E-state index in [2.05, 4.69) is 45.1 Å². The third-order valence-corrected chi connectivity index (χ3v) is 4.37. The Labute approximate surface area is 151 Å². The lowest BCUT2D eigenvalue weighted by Crippen LogP contribution is -2.01. The second-order valence-corrected chi connectivity index (χ2v) is 6.14. The SMILES string of the molecule is CCNc1ncnc2c1c(-c1ccccc1)cn2-c1ccc(Cl)cc1. The zero-order chi connectivity index (χ0) is 17.2. The van der Waals surface area contributed by atoms with Gasteiger partial charge in [0.15, 0.2) is 5.65 Å². The summed E-state index contributed by atoms with van der Waals surface area (Å²) in [6.07, 6.45) is 3.71. The maximum Gasteiger partial charge on any atom is 0.150 e. The number of anilines is 1. The van der Waals surface area contributed by atoms with Crippen LogP contribution in [0.15, 0.2) is 67.1 Å². The van der Waals surface area contributed by atoms with Crippen LogP contribution in [0.2, 0.25) is 5.02 Å². The number of fused-ring (bicyclic) bond motifs is 1. The summed E-state index contributed by atoms with van der Waals surface area (Å²) in [6.45, 7) is 2.86. The molecule has 25 heavy (non-hydrogen) atoms. The molecule has 124 valence electrons. The van der Waals surface area contributed by atoms with Crippen LogP contribution in [0, 0.1) is 0 Å². The molecule has 0 fully saturated rings. The van der Waals surface area contributed by atoms with Gasteiger partial charge in [0.2, 0.25) is 0 Å². The number of benzene rings is 2. The van der Waals surface area contributed by atoms with Crippen LogP contribution < -0.4 is 5.32 Å². The Morgan fingerprint density at radius 3 is 2.48 bits per heavy atom. The van der Waals surface area contributed by atoms with Crippen molar-refractivity contribution < 1.29 is 0 Å². The summed E-state index contributed by atoms with van der Waals surface area (Å²) >= 11 is 6.04. The highest BCUT2D eigenvalue weighted by Gasteiger charge is 2.16. The lowest BCUT2D eigenvalue weighted by atomic mass is 10.1. The smallest absolute Gasteiger partial charge is 0.150 e. The van der Waals surface area contributed by atoms with E-state index in [9.17, 15) is 0 Å².